The Labute approximate surface area is 125 Å². The maximum absolute atomic E-state index is 13.5. The van der Waals surface area contributed by atoms with Crippen LogP contribution in [0.1, 0.15) is 51.1 Å². The molecule has 0 spiro atoms. The number of rotatable bonds is 2. The van der Waals surface area contributed by atoms with Gasteiger partial charge in [0.15, 0.2) is 9.84 Å². The lowest BCUT2D eigenvalue weighted by Crippen LogP contribution is -2.36. The maximum atomic E-state index is 13.5. The molecule has 0 saturated heterocycles. The normalized spacial score (nSPS) is 30.0. The Bertz CT molecular complexity index is 654. The molecule has 1 N–H and O–H groups in total. The van der Waals surface area contributed by atoms with E-state index in [4.69, 9.17) is 0 Å². The summed E-state index contributed by atoms with van der Waals surface area (Å²) in [5, 5.41) is 3.56. The van der Waals surface area contributed by atoms with Crippen LogP contribution < -0.4 is 5.32 Å². The number of hydrogen-bond acceptors (Lipinski definition) is 3. The molecular weight excluding hydrogens is 289 g/mol. The van der Waals surface area contributed by atoms with Crippen LogP contribution in [0.2, 0.25) is 0 Å². The zero-order valence-electron chi connectivity index (χ0n) is 12.5. The molecule has 1 aliphatic heterocycles. The minimum Gasteiger partial charge on any atom is -0.307 e. The molecule has 0 radical (unpaired) electrons. The number of nitrogens with one attached hydrogen (secondary N) is 1. The average Bonchev–Trinajstić information content (AvgIpc) is 2.72. The largest absolute Gasteiger partial charge is 0.307 e. The SMILES string of the molecule is CC1(C)CCC(NC2CCS(=O)(=O)c3ccc(F)cc32)C1. The topological polar surface area (TPSA) is 46.2 Å². The van der Waals surface area contributed by atoms with Gasteiger partial charge in [0, 0.05) is 12.1 Å². The molecule has 2 unspecified atom stereocenters. The summed E-state index contributed by atoms with van der Waals surface area (Å²) in [6.45, 7) is 4.52. The van der Waals surface area contributed by atoms with Gasteiger partial charge in [-0.15, -0.1) is 0 Å². The van der Waals surface area contributed by atoms with Crippen molar-refractivity contribution in [3.8, 4) is 0 Å². The van der Waals surface area contributed by atoms with Crippen molar-refractivity contribution in [2.75, 3.05) is 5.75 Å². The third-order valence-corrected chi connectivity index (χ3v) is 6.58. The molecule has 2 atom stereocenters. The molecule has 2 aliphatic rings. The highest BCUT2D eigenvalue weighted by molar-refractivity contribution is 7.91. The van der Waals surface area contributed by atoms with E-state index in [0.29, 0.717) is 28.3 Å². The van der Waals surface area contributed by atoms with Gasteiger partial charge < -0.3 is 5.32 Å². The third-order valence-electron chi connectivity index (χ3n) is 4.76. The summed E-state index contributed by atoms with van der Waals surface area (Å²) in [5.41, 5.74) is 0.939. The average molecular weight is 311 g/mol. The molecule has 0 amide bonds. The van der Waals surface area contributed by atoms with Gasteiger partial charge in [-0.05, 0) is 54.9 Å². The molecule has 1 aromatic rings. The quantitative estimate of drug-likeness (QED) is 0.853. The standard InChI is InChI=1S/C16H22FNO2S/c1-16(2)7-5-12(10-16)18-14-6-8-21(19,20)15-4-3-11(17)9-13(14)15/h3-4,9,12,14,18H,5-8,10H2,1-2H3. The number of sulfone groups is 1. The first-order chi connectivity index (χ1) is 9.77. The van der Waals surface area contributed by atoms with Crippen molar-refractivity contribution < 1.29 is 12.8 Å². The summed E-state index contributed by atoms with van der Waals surface area (Å²) in [6, 6.07) is 4.35. The Morgan fingerprint density at radius 2 is 2.05 bits per heavy atom. The lowest BCUT2D eigenvalue weighted by atomic mass is 9.91. The minimum atomic E-state index is -3.25. The van der Waals surface area contributed by atoms with E-state index in [1.54, 1.807) is 0 Å². The molecule has 116 valence electrons. The predicted octanol–water partition coefficient (Wildman–Crippen LogP) is 3.21. The Balaban J connectivity index is 1.87. The second kappa shape index (κ2) is 5.06. The van der Waals surface area contributed by atoms with Crippen LogP contribution in [0.25, 0.3) is 0 Å². The van der Waals surface area contributed by atoms with Gasteiger partial charge in [-0.1, -0.05) is 13.8 Å². The van der Waals surface area contributed by atoms with Crippen LogP contribution in [0.15, 0.2) is 23.1 Å². The zero-order valence-corrected chi connectivity index (χ0v) is 13.3. The van der Waals surface area contributed by atoms with Gasteiger partial charge in [0.05, 0.1) is 10.6 Å². The van der Waals surface area contributed by atoms with Crippen molar-refractivity contribution in [2.24, 2.45) is 5.41 Å². The molecule has 3 rings (SSSR count). The van der Waals surface area contributed by atoms with E-state index < -0.39 is 9.84 Å². The highest BCUT2D eigenvalue weighted by atomic mass is 32.2. The fourth-order valence-electron chi connectivity index (χ4n) is 3.65. The first-order valence-corrected chi connectivity index (χ1v) is 9.20. The van der Waals surface area contributed by atoms with E-state index >= 15 is 0 Å². The van der Waals surface area contributed by atoms with Crippen LogP contribution in [0.4, 0.5) is 4.39 Å². The van der Waals surface area contributed by atoms with Crippen molar-refractivity contribution in [2.45, 2.75) is 56.5 Å². The molecule has 1 aliphatic carbocycles. The number of halogens is 1. The molecule has 1 fully saturated rings. The van der Waals surface area contributed by atoms with Gasteiger partial charge in [-0.25, -0.2) is 12.8 Å². The second-order valence-corrected chi connectivity index (χ2v) is 9.19. The second-order valence-electron chi connectivity index (χ2n) is 7.11. The van der Waals surface area contributed by atoms with Crippen LogP contribution in [0.3, 0.4) is 0 Å². The molecule has 0 bridgehead atoms. The highest BCUT2D eigenvalue weighted by Gasteiger charge is 2.35. The van der Waals surface area contributed by atoms with E-state index in [2.05, 4.69) is 19.2 Å². The van der Waals surface area contributed by atoms with Crippen molar-refractivity contribution in [1.29, 1.82) is 0 Å². The first-order valence-electron chi connectivity index (χ1n) is 7.55. The Kier molecular flexibility index (Phi) is 3.61. The molecule has 3 nitrogen and oxygen atoms in total. The molecule has 1 saturated carbocycles. The molecule has 1 heterocycles. The van der Waals surface area contributed by atoms with Gasteiger partial charge in [0.25, 0.3) is 0 Å². The Morgan fingerprint density at radius 3 is 2.71 bits per heavy atom. The van der Waals surface area contributed by atoms with Crippen LogP contribution in [-0.4, -0.2) is 20.2 Å². The van der Waals surface area contributed by atoms with Gasteiger partial charge in [0.2, 0.25) is 0 Å². The van der Waals surface area contributed by atoms with Crippen LogP contribution in [-0.2, 0) is 9.84 Å². The van der Waals surface area contributed by atoms with Crippen molar-refractivity contribution in [1.82, 2.24) is 5.32 Å². The number of benzene rings is 1. The van der Waals surface area contributed by atoms with E-state index in [-0.39, 0.29) is 17.6 Å². The molecule has 1 aromatic carbocycles. The van der Waals surface area contributed by atoms with Crippen LogP contribution >= 0.6 is 0 Å². The highest BCUT2D eigenvalue weighted by Crippen LogP contribution is 2.39. The van der Waals surface area contributed by atoms with Gasteiger partial charge in [-0.3, -0.25) is 0 Å². The lowest BCUT2D eigenvalue weighted by molar-refractivity contribution is 0.348. The maximum Gasteiger partial charge on any atom is 0.178 e. The Hall–Kier alpha value is -0.940. The Morgan fingerprint density at radius 1 is 1.29 bits per heavy atom. The van der Waals surface area contributed by atoms with Crippen molar-refractivity contribution in [3.05, 3.63) is 29.6 Å². The summed E-state index contributed by atoms with van der Waals surface area (Å²) in [6.07, 6.45) is 3.88. The molecule has 5 heteroatoms. The summed E-state index contributed by atoms with van der Waals surface area (Å²) >= 11 is 0. The molecular formula is C16H22FNO2S. The summed E-state index contributed by atoms with van der Waals surface area (Å²) < 4.78 is 37.8. The predicted molar refractivity (Wildman–Crippen MR) is 80.4 cm³/mol. The lowest BCUT2D eigenvalue weighted by Gasteiger charge is -2.29. The van der Waals surface area contributed by atoms with Gasteiger partial charge in [0.1, 0.15) is 5.82 Å². The molecule has 0 aromatic heterocycles. The molecule has 21 heavy (non-hydrogen) atoms. The monoisotopic (exact) mass is 311 g/mol. The van der Waals surface area contributed by atoms with Crippen LogP contribution in [0.5, 0.6) is 0 Å². The van der Waals surface area contributed by atoms with Crippen molar-refractivity contribution in [3.63, 3.8) is 0 Å². The summed E-state index contributed by atoms with van der Waals surface area (Å²) in [7, 11) is -3.25. The van der Waals surface area contributed by atoms with E-state index in [1.807, 2.05) is 0 Å². The van der Waals surface area contributed by atoms with Crippen LogP contribution in [0, 0.1) is 11.2 Å². The fourth-order valence-corrected chi connectivity index (χ4v) is 5.25. The third kappa shape index (κ3) is 2.99. The number of fused-ring (bicyclic) bond motifs is 1. The van der Waals surface area contributed by atoms with E-state index in [1.165, 1.54) is 24.6 Å². The number of hydrogen-bond donors (Lipinski definition) is 1. The minimum absolute atomic E-state index is 0.0573. The first kappa shape index (κ1) is 15.0. The summed E-state index contributed by atoms with van der Waals surface area (Å²) in [5.74, 6) is -0.233. The van der Waals surface area contributed by atoms with E-state index in [0.717, 1.165) is 12.8 Å². The van der Waals surface area contributed by atoms with Gasteiger partial charge in [-0.2, -0.15) is 0 Å². The zero-order chi connectivity index (χ0) is 15.3. The van der Waals surface area contributed by atoms with E-state index in [9.17, 15) is 12.8 Å². The van der Waals surface area contributed by atoms with Crippen molar-refractivity contribution >= 4 is 9.84 Å². The van der Waals surface area contributed by atoms with Gasteiger partial charge >= 0.3 is 0 Å². The smallest absolute Gasteiger partial charge is 0.178 e. The fraction of sp³-hybridized carbons (Fsp3) is 0.625. The summed E-state index contributed by atoms with van der Waals surface area (Å²) in [4.78, 5) is 0.296.